The number of carbonyl (C=O) groups is 1. The Balaban J connectivity index is 1.71. The first kappa shape index (κ1) is 16.3. The summed E-state index contributed by atoms with van der Waals surface area (Å²) in [6, 6.07) is 6.04. The number of rotatable bonds is 5. The molecule has 2 N–H and O–H groups in total. The lowest BCUT2D eigenvalue weighted by Crippen LogP contribution is -2.12. The number of aromatic nitrogens is 3. The Labute approximate surface area is 143 Å². The second-order valence-corrected chi connectivity index (χ2v) is 5.75. The molecule has 6 nitrogen and oxygen atoms in total. The van der Waals surface area contributed by atoms with Crippen LogP contribution in [0, 0.1) is 0 Å². The fourth-order valence-corrected chi connectivity index (χ4v) is 2.75. The Morgan fingerprint density at radius 2 is 2.08 bits per heavy atom. The number of hydrogen-bond acceptors (Lipinski definition) is 5. The number of benzene rings is 1. The number of anilines is 1. The number of H-pyrrole nitrogens is 1. The van der Waals surface area contributed by atoms with E-state index in [2.05, 4.69) is 25.2 Å². The van der Waals surface area contributed by atoms with E-state index in [0.717, 1.165) is 0 Å². The number of alkyl halides is 2. The summed E-state index contributed by atoms with van der Waals surface area (Å²) in [5, 5.41) is 11.1. The minimum absolute atomic E-state index is 0.0615. The van der Waals surface area contributed by atoms with E-state index in [1.54, 1.807) is 17.5 Å². The van der Waals surface area contributed by atoms with E-state index in [-0.39, 0.29) is 16.5 Å². The van der Waals surface area contributed by atoms with Gasteiger partial charge in [0.1, 0.15) is 11.4 Å². The average Bonchev–Trinajstić information content (AvgIpc) is 3.16. The van der Waals surface area contributed by atoms with Crippen LogP contribution in [0.5, 0.6) is 5.75 Å². The summed E-state index contributed by atoms with van der Waals surface area (Å²) in [4.78, 5) is 16.3. The lowest BCUT2D eigenvalue weighted by atomic mass is 10.2. The molecule has 0 radical (unpaired) electrons. The normalized spacial score (nSPS) is 10.8. The largest absolute Gasteiger partial charge is 0.435 e. The second-order valence-electron chi connectivity index (χ2n) is 4.49. The van der Waals surface area contributed by atoms with Crippen LogP contribution in [0.1, 0.15) is 10.5 Å². The molecule has 124 valence electrons. The van der Waals surface area contributed by atoms with Gasteiger partial charge in [0.2, 0.25) is 0 Å². The summed E-state index contributed by atoms with van der Waals surface area (Å²) >= 11 is 7.03. The maximum Gasteiger partial charge on any atom is 0.387 e. The van der Waals surface area contributed by atoms with Gasteiger partial charge in [-0.05, 0) is 24.3 Å². The maximum absolute atomic E-state index is 12.1. The first-order valence-corrected chi connectivity index (χ1v) is 7.79. The zero-order chi connectivity index (χ0) is 17.1. The quantitative estimate of drug-likeness (QED) is 0.710. The van der Waals surface area contributed by atoms with Gasteiger partial charge in [-0.3, -0.25) is 15.2 Å². The Morgan fingerprint density at radius 3 is 2.71 bits per heavy atom. The molecule has 0 aliphatic carbocycles. The minimum atomic E-state index is -2.87. The molecule has 3 aromatic rings. The van der Waals surface area contributed by atoms with Crippen molar-refractivity contribution in [3.05, 3.63) is 46.6 Å². The number of aromatic amines is 1. The molecular formula is C14H9ClF2N4O2S. The summed E-state index contributed by atoms with van der Waals surface area (Å²) in [6.45, 7) is -2.87. The molecular weight excluding hydrogens is 362 g/mol. The summed E-state index contributed by atoms with van der Waals surface area (Å²) in [7, 11) is 0. The SMILES string of the molecule is O=C(Nc1nc(-c2ccc(OC(F)F)cc2)cs1)c1[nH]ncc1Cl. The Bertz CT molecular complexity index is 851. The molecule has 0 spiro atoms. The lowest BCUT2D eigenvalue weighted by molar-refractivity contribution is -0.0498. The standard InChI is InChI=1S/C14H9ClF2N4O2S/c15-9-5-18-21-11(9)12(22)20-14-19-10(6-24-14)7-1-3-8(4-2-7)23-13(16)17/h1-6,13H,(H,18,21)(H,19,20,22). The van der Waals surface area contributed by atoms with E-state index in [4.69, 9.17) is 11.6 Å². The van der Waals surface area contributed by atoms with Crippen molar-refractivity contribution in [3.63, 3.8) is 0 Å². The summed E-state index contributed by atoms with van der Waals surface area (Å²) < 4.78 is 28.5. The molecule has 3 rings (SSSR count). The van der Waals surface area contributed by atoms with Crippen LogP contribution in [-0.4, -0.2) is 27.7 Å². The van der Waals surface area contributed by atoms with Crippen LogP contribution < -0.4 is 10.1 Å². The highest BCUT2D eigenvalue weighted by molar-refractivity contribution is 7.14. The van der Waals surface area contributed by atoms with E-state index in [9.17, 15) is 13.6 Å². The molecule has 0 bridgehead atoms. The molecule has 0 unspecified atom stereocenters. The molecule has 10 heteroatoms. The van der Waals surface area contributed by atoms with Crippen LogP contribution in [0.3, 0.4) is 0 Å². The van der Waals surface area contributed by atoms with E-state index < -0.39 is 12.5 Å². The smallest absolute Gasteiger partial charge is 0.387 e. The molecule has 1 aromatic carbocycles. The van der Waals surface area contributed by atoms with Crippen LogP contribution in [-0.2, 0) is 0 Å². The van der Waals surface area contributed by atoms with Gasteiger partial charge in [0.25, 0.3) is 5.91 Å². The predicted molar refractivity (Wildman–Crippen MR) is 85.7 cm³/mol. The van der Waals surface area contributed by atoms with Crippen molar-refractivity contribution < 1.29 is 18.3 Å². The monoisotopic (exact) mass is 370 g/mol. The first-order chi connectivity index (χ1) is 11.5. The molecule has 24 heavy (non-hydrogen) atoms. The molecule has 2 aromatic heterocycles. The van der Waals surface area contributed by atoms with Gasteiger partial charge in [-0.15, -0.1) is 11.3 Å². The van der Waals surface area contributed by atoms with Crippen molar-refractivity contribution in [2.24, 2.45) is 0 Å². The fourth-order valence-electron chi connectivity index (χ4n) is 1.86. The predicted octanol–water partition coefficient (Wildman–Crippen LogP) is 4.04. The van der Waals surface area contributed by atoms with E-state index >= 15 is 0 Å². The van der Waals surface area contributed by atoms with Crippen LogP contribution in [0.2, 0.25) is 5.02 Å². The van der Waals surface area contributed by atoms with Crippen molar-refractivity contribution in [3.8, 4) is 17.0 Å². The van der Waals surface area contributed by atoms with Crippen molar-refractivity contribution in [1.82, 2.24) is 15.2 Å². The molecule has 2 heterocycles. The molecule has 0 atom stereocenters. The summed E-state index contributed by atoms with van der Waals surface area (Å²) in [5.41, 5.74) is 1.43. The molecule has 0 aliphatic rings. The van der Waals surface area contributed by atoms with Gasteiger partial charge in [0, 0.05) is 10.9 Å². The number of nitrogens with zero attached hydrogens (tertiary/aromatic N) is 2. The molecule has 0 aliphatic heterocycles. The van der Waals surface area contributed by atoms with Crippen LogP contribution in [0.25, 0.3) is 11.3 Å². The van der Waals surface area contributed by atoms with Crippen LogP contribution in [0.15, 0.2) is 35.8 Å². The highest BCUT2D eigenvalue weighted by Gasteiger charge is 2.14. The van der Waals surface area contributed by atoms with Gasteiger partial charge in [0.05, 0.1) is 16.9 Å². The number of ether oxygens (including phenoxy) is 1. The molecule has 0 saturated heterocycles. The van der Waals surface area contributed by atoms with E-state index in [1.807, 2.05) is 0 Å². The van der Waals surface area contributed by atoms with Gasteiger partial charge in [-0.1, -0.05) is 11.6 Å². The lowest BCUT2D eigenvalue weighted by Gasteiger charge is -2.04. The zero-order valence-electron chi connectivity index (χ0n) is 11.8. The number of halogens is 3. The number of amides is 1. The van der Waals surface area contributed by atoms with Crippen molar-refractivity contribution in [2.75, 3.05) is 5.32 Å². The Hall–Kier alpha value is -2.52. The van der Waals surface area contributed by atoms with Gasteiger partial charge in [-0.25, -0.2) is 4.98 Å². The summed E-state index contributed by atoms with van der Waals surface area (Å²) in [6.07, 6.45) is 1.33. The van der Waals surface area contributed by atoms with Gasteiger partial charge in [-0.2, -0.15) is 13.9 Å². The van der Waals surface area contributed by atoms with E-state index in [0.29, 0.717) is 16.4 Å². The minimum Gasteiger partial charge on any atom is -0.435 e. The Kier molecular flexibility index (Phi) is 4.72. The topological polar surface area (TPSA) is 79.9 Å². The third kappa shape index (κ3) is 3.69. The number of hydrogen-bond donors (Lipinski definition) is 2. The third-order valence-electron chi connectivity index (χ3n) is 2.92. The highest BCUT2D eigenvalue weighted by Crippen LogP contribution is 2.27. The first-order valence-electron chi connectivity index (χ1n) is 6.54. The number of nitrogens with one attached hydrogen (secondary N) is 2. The Morgan fingerprint density at radius 1 is 1.33 bits per heavy atom. The average molecular weight is 371 g/mol. The maximum atomic E-state index is 12.1. The number of thiazole rings is 1. The fraction of sp³-hybridized carbons (Fsp3) is 0.0714. The van der Waals surface area contributed by atoms with Crippen molar-refractivity contribution >= 4 is 34.0 Å². The van der Waals surface area contributed by atoms with E-state index in [1.165, 1.54) is 29.7 Å². The molecule has 0 saturated carbocycles. The second kappa shape index (κ2) is 6.93. The van der Waals surface area contributed by atoms with Gasteiger partial charge < -0.3 is 4.74 Å². The molecule has 1 amide bonds. The van der Waals surface area contributed by atoms with Crippen molar-refractivity contribution in [2.45, 2.75) is 6.61 Å². The molecule has 0 fully saturated rings. The van der Waals surface area contributed by atoms with Crippen molar-refractivity contribution in [1.29, 1.82) is 0 Å². The van der Waals surface area contributed by atoms with Gasteiger partial charge >= 0.3 is 6.61 Å². The zero-order valence-corrected chi connectivity index (χ0v) is 13.4. The van der Waals surface area contributed by atoms with Gasteiger partial charge in [0.15, 0.2) is 5.13 Å². The summed E-state index contributed by atoms with van der Waals surface area (Å²) in [5.74, 6) is -0.398. The van der Waals surface area contributed by atoms with Crippen LogP contribution >= 0.6 is 22.9 Å². The third-order valence-corrected chi connectivity index (χ3v) is 3.96. The number of carbonyl (C=O) groups excluding carboxylic acids is 1. The van der Waals surface area contributed by atoms with Crippen LogP contribution in [0.4, 0.5) is 13.9 Å². The highest BCUT2D eigenvalue weighted by atomic mass is 35.5.